The molecule has 6 heteroatoms. The van der Waals surface area contributed by atoms with Crippen molar-refractivity contribution in [2.75, 3.05) is 6.54 Å². The molecule has 0 bridgehead atoms. The molecule has 1 aliphatic rings. The van der Waals surface area contributed by atoms with Crippen molar-refractivity contribution in [2.24, 2.45) is 13.0 Å². The largest absolute Gasteiger partial charge is 0.391 e. The van der Waals surface area contributed by atoms with Gasteiger partial charge in [-0.1, -0.05) is 0 Å². The van der Waals surface area contributed by atoms with Crippen LogP contribution in [-0.2, 0) is 7.05 Å². The Labute approximate surface area is 91.6 Å². The molecule has 1 aromatic heterocycles. The van der Waals surface area contributed by atoms with Gasteiger partial charge in [0.25, 0.3) is 0 Å². The molecule has 1 aromatic rings. The van der Waals surface area contributed by atoms with Crippen molar-refractivity contribution in [2.45, 2.75) is 25.1 Å². The van der Waals surface area contributed by atoms with E-state index in [2.05, 4.69) is 10.4 Å². The van der Waals surface area contributed by atoms with Crippen LogP contribution in [0.4, 0.5) is 13.2 Å². The monoisotopic (exact) mass is 233 g/mol. The molecule has 2 rings (SSSR count). The molecular weight excluding hydrogens is 219 g/mol. The number of alkyl halides is 3. The average Bonchev–Trinajstić information content (AvgIpc) is 2.63. The Balaban J connectivity index is 2.11. The second kappa shape index (κ2) is 4.08. The Hall–Kier alpha value is -1.04. The molecule has 90 valence electrons. The summed E-state index contributed by atoms with van der Waals surface area (Å²) in [4.78, 5) is 0. The van der Waals surface area contributed by atoms with Crippen molar-refractivity contribution >= 4 is 0 Å². The molecule has 2 heterocycles. The van der Waals surface area contributed by atoms with Crippen LogP contribution in [0.5, 0.6) is 0 Å². The van der Waals surface area contributed by atoms with Gasteiger partial charge in [0.05, 0.1) is 11.6 Å². The summed E-state index contributed by atoms with van der Waals surface area (Å²) in [7, 11) is 1.74. The van der Waals surface area contributed by atoms with E-state index in [0.717, 1.165) is 5.69 Å². The molecule has 0 spiro atoms. The Morgan fingerprint density at radius 3 is 2.81 bits per heavy atom. The predicted molar refractivity (Wildman–Crippen MR) is 52.7 cm³/mol. The molecule has 0 amide bonds. The molecule has 0 saturated carbocycles. The molecule has 0 aliphatic carbocycles. The number of halogens is 3. The number of nitrogens with one attached hydrogen (secondary N) is 1. The second-order valence-electron chi connectivity index (χ2n) is 4.15. The number of aryl methyl sites for hydroxylation is 1. The van der Waals surface area contributed by atoms with Gasteiger partial charge in [0.1, 0.15) is 0 Å². The van der Waals surface area contributed by atoms with Gasteiger partial charge in [-0.3, -0.25) is 4.68 Å². The van der Waals surface area contributed by atoms with Crippen molar-refractivity contribution in [3.8, 4) is 0 Å². The third-order valence-corrected chi connectivity index (χ3v) is 3.08. The SMILES string of the molecule is Cn1nccc1[C@@H]1CC(C(F)(F)F)CCN1. The van der Waals surface area contributed by atoms with Gasteiger partial charge < -0.3 is 5.32 Å². The van der Waals surface area contributed by atoms with Crippen LogP contribution in [0.2, 0.25) is 0 Å². The lowest BCUT2D eigenvalue weighted by atomic mass is 9.90. The highest BCUT2D eigenvalue weighted by Gasteiger charge is 2.42. The zero-order valence-electron chi connectivity index (χ0n) is 8.96. The van der Waals surface area contributed by atoms with Crippen LogP contribution in [0.1, 0.15) is 24.6 Å². The van der Waals surface area contributed by atoms with Crippen LogP contribution in [0, 0.1) is 5.92 Å². The minimum atomic E-state index is -4.08. The van der Waals surface area contributed by atoms with Gasteiger partial charge in [-0.05, 0) is 25.5 Å². The van der Waals surface area contributed by atoms with Gasteiger partial charge in [0.15, 0.2) is 0 Å². The summed E-state index contributed by atoms with van der Waals surface area (Å²) in [6, 6.07) is 1.52. The minimum Gasteiger partial charge on any atom is -0.309 e. The fourth-order valence-corrected chi connectivity index (χ4v) is 2.17. The third kappa shape index (κ3) is 2.21. The van der Waals surface area contributed by atoms with E-state index < -0.39 is 12.1 Å². The first-order valence-corrected chi connectivity index (χ1v) is 5.26. The van der Waals surface area contributed by atoms with Gasteiger partial charge in [-0.2, -0.15) is 18.3 Å². The summed E-state index contributed by atoms with van der Waals surface area (Å²) >= 11 is 0. The maximum Gasteiger partial charge on any atom is 0.391 e. The standard InChI is InChI=1S/C10H14F3N3/c1-16-9(3-5-15-16)8-6-7(2-4-14-8)10(11,12)13/h3,5,7-8,14H,2,4,6H2,1H3/t7?,8-/m0/s1. The van der Waals surface area contributed by atoms with E-state index in [1.165, 1.54) is 0 Å². The van der Waals surface area contributed by atoms with Crippen LogP contribution < -0.4 is 5.32 Å². The Morgan fingerprint density at radius 1 is 1.50 bits per heavy atom. The molecule has 2 atom stereocenters. The number of rotatable bonds is 1. The van der Waals surface area contributed by atoms with Crippen molar-refractivity contribution in [3.05, 3.63) is 18.0 Å². The number of hydrogen-bond donors (Lipinski definition) is 1. The average molecular weight is 233 g/mol. The van der Waals surface area contributed by atoms with E-state index in [9.17, 15) is 13.2 Å². The summed E-state index contributed by atoms with van der Waals surface area (Å²) in [5.74, 6) is -1.20. The first-order chi connectivity index (χ1) is 7.48. The van der Waals surface area contributed by atoms with Gasteiger partial charge in [0.2, 0.25) is 0 Å². The molecular formula is C10H14F3N3. The molecule has 0 radical (unpaired) electrons. The number of nitrogens with zero attached hydrogens (tertiary/aromatic N) is 2. The van der Waals surface area contributed by atoms with E-state index in [4.69, 9.17) is 0 Å². The highest BCUT2D eigenvalue weighted by Crippen LogP contribution is 2.37. The molecule has 0 aromatic carbocycles. The lowest BCUT2D eigenvalue weighted by molar-refractivity contribution is -0.183. The number of piperidine rings is 1. The van der Waals surface area contributed by atoms with Crippen LogP contribution in [-0.4, -0.2) is 22.5 Å². The molecule has 1 fully saturated rings. The van der Waals surface area contributed by atoms with E-state index >= 15 is 0 Å². The van der Waals surface area contributed by atoms with E-state index in [-0.39, 0.29) is 18.9 Å². The predicted octanol–water partition coefficient (Wildman–Crippen LogP) is 2.02. The third-order valence-electron chi connectivity index (χ3n) is 3.08. The number of aromatic nitrogens is 2. The fourth-order valence-electron chi connectivity index (χ4n) is 2.17. The van der Waals surface area contributed by atoms with Crippen LogP contribution >= 0.6 is 0 Å². The summed E-state index contributed by atoms with van der Waals surface area (Å²) < 4.78 is 39.4. The van der Waals surface area contributed by atoms with Gasteiger partial charge in [-0.15, -0.1) is 0 Å². The highest BCUT2D eigenvalue weighted by molar-refractivity contribution is 5.08. The van der Waals surface area contributed by atoms with Crippen molar-refractivity contribution in [1.29, 1.82) is 0 Å². The quantitative estimate of drug-likeness (QED) is 0.804. The van der Waals surface area contributed by atoms with Crippen LogP contribution in [0.25, 0.3) is 0 Å². The van der Waals surface area contributed by atoms with Crippen LogP contribution in [0.3, 0.4) is 0 Å². The van der Waals surface area contributed by atoms with Crippen molar-refractivity contribution in [3.63, 3.8) is 0 Å². The topological polar surface area (TPSA) is 29.9 Å². The summed E-state index contributed by atoms with van der Waals surface area (Å²) in [6.45, 7) is 0.403. The smallest absolute Gasteiger partial charge is 0.309 e. The fraction of sp³-hybridized carbons (Fsp3) is 0.700. The Morgan fingerprint density at radius 2 is 2.25 bits per heavy atom. The number of hydrogen-bond acceptors (Lipinski definition) is 2. The van der Waals surface area contributed by atoms with E-state index in [1.807, 2.05) is 0 Å². The first kappa shape index (κ1) is 11.4. The van der Waals surface area contributed by atoms with Gasteiger partial charge in [-0.25, -0.2) is 0 Å². The summed E-state index contributed by atoms with van der Waals surface area (Å²) in [6.07, 6.45) is -2.21. The highest BCUT2D eigenvalue weighted by atomic mass is 19.4. The van der Waals surface area contributed by atoms with Crippen molar-refractivity contribution < 1.29 is 13.2 Å². The lowest BCUT2D eigenvalue weighted by Gasteiger charge is -2.31. The second-order valence-corrected chi connectivity index (χ2v) is 4.15. The molecule has 1 saturated heterocycles. The molecule has 3 nitrogen and oxygen atoms in total. The zero-order valence-corrected chi connectivity index (χ0v) is 8.96. The zero-order chi connectivity index (χ0) is 11.8. The van der Waals surface area contributed by atoms with Gasteiger partial charge >= 0.3 is 6.18 Å². The van der Waals surface area contributed by atoms with Gasteiger partial charge in [0, 0.05) is 19.3 Å². The maximum atomic E-state index is 12.6. The minimum absolute atomic E-state index is 0.100. The summed E-state index contributed by atoms with van der Waals surface area (Å²) in [5.41, 5.74) is 0.814. The molecule has 16 heavy (non-hydrogen) atoms. The maximum absolute atomic E-state index is 12.6. The van der Waals surface area contributed by atoms with E-state index in [0.29, 0.717) is 6.54 Å². The van der Waals surface area contributed by atoms with E-state index in [1.54, 1.807) is 24.0 Å². The lowest BCUT2D eigenvalue weighted by Crippen LogP contribution is -2.38. The summed E-state index contributed by atoms with van der Waals surface area (Å²) in [5, 5.41) is 7.08. The molecule has 1 aliphatic heterocycles. The molecule has 1 N–H and O–H groups in total. The Kier molecular flexibility index (Phi) is 2.92. The normalized spacial score (nSPS) is 27.0. The molecule has 1 unspecified atom stereocenters. The van der Waals surface area contributed by atoms with Crippen LogP contribution in [0.15, 0.2) is 12.3 Å². The Bertz CT molecular complexity index is 358. The van der Waals surface area contributed by atoms with Crippen molar-refractivity contribution in [1.82, 2.24) is 15.1 Å². The first-order valence-electron chi connectivity index (χ1n) is 5.26.